The Kier molecular flexibility index (Phi) is 6.97. The first kappa shape index (κ1) is 24.3. The summed E-state index contributed by atoms with van der Waals surface area (Å²) in [7, 11) is 0. The van der Waals surface area contributed by atoms with Crippen LogP contribution in [0.4, 0.5) is 14.6 Å². The molecule has 0 atom stereocenters. The number of aryl methyl sites for hydroxylation is 1. The van der Waals surface area contributed by atoms with Crippen molar-refractivity contribution in [2.45, 2.75) is 18.4 Å². The maximum Gasteiger partial charge on any atom is 0.338 e. The molecule has 0 aliphatic rings. The number of carboxylic acids is 1. The van der Waals surface area contributed by atoms with Crippen LogP contribution in [0.2, 0.25) is 10.0 Å². The van der Waals surface area contributed by atoms with Crippen molar-refractivity contribution < 1.29 is 18.7 Å². The van der Waals surface area contributed by atoms with Gasteiger partial charge in [-0.25, -0.2) is 23.5 Å². The predicted molar refractivity (Wildman–Crippen MR) is 131 cm³/mol. The van der Waals surface area contributed by atoms with Crippen LogP contribution in [0.1, 0.15) is 16.1 Å². The van der Waals surface area contributed by atoms with E-state index in [1.807, 2.05) is 4.57 Å². The van der Waals surface area contributed by atoms with Gasteiger partial charge in [-0.3, -0.25) is 0 Å². The fourth-order valence-corrected chi connectivity index (χ4v) is 5.07. The molecule has 34 heavy (non-hydrogen) atoms. The molecular formula is C23H18Cl2F2N4O2S. The summed E-state index contributed by atoms with van der Waals surface area (Å²) in [4.78, 5) is 20.5. The second kappa shape index (κ2) is 9.77. The highest BCUT2D eigenvalue weighted by Gasteiger charge is 2.18. The molecule has 2 aromatic heterocycles. The van der Waals surface area contributed by atoms with Crippen molar-refractivity contribution in [2.24, 2.45) is 0 Å². The highest BCUT2D eigenvalue weighted by molar-refractivity contribution is 7.98. The third-order valence-corrected chi connectivity index (χ3v) is 6.67. The molecule has 2 N–H and O–H groups in total. The third-order valence-electron chi connectivity index (χ3n) is 5.32. The Hall–Kier alpha value is -2.88. The monoisotopic (exact) mass is 522 g/mol. The number of anilines is 1. The van der Waals surface area contributed by atoms with Crippen molar-refractivity contribution >= 4 is 57.7 Å². The number of halogens is 4. The maximum atomic E-state index is 14.2. The quantitative estimate of drug-likeness (QED) is 0.212. The van der Waals surface area contributed by atoms with Crippen LogP contribution in [0.25, 0.3) is 22.2 Å². The van der Waals surface area contributed by atoms with Crippen molar-refractivity contribution in [1.29, 1.82) is 0 Å². The van der Waals surface area contributed by atoms with E-state index < -0.39 is 17.6 Å². The second-order valence-electron chi connectivity index (χ2n) is 7.41. The lowest BCUT2D eigenvalue weighted by atomic mass is 10.1. The molecule has 0 aliphatic carbocycles. The number of hydrogen-bond acceptors (Lipinski definition) is 5. The average Bonchev–Trinajstić information content (AvgIpc) is 3.13. The molecule has 0 radical (unpaired) electrons. The zero-order chi connectivity index (χ0) is 24.6. The van der Waals surface area contributed by atoms with E-state index in [1.54, 1.807) is 37.4 Å². The lowest BCUT2D eigenvalue weighted by Crippen LogP contribution is -2.12. The first-order valence-corrected chi connectivity index (χ1v) is 12.0. The number of aromatic carboxylic acids is 1. The van der Waals surface area contributed by atoms with E-state index in [2.05, 4.69) is 15.3 Å². The van der Waals surface area contributed by atoms with Gasteiger partial charge in [0.15, 0.2) is 11.6 Å². The number of thioether (sulfide) groups is 1. The van der Waals surface area contributed by atoms with Gasteiger partial charge in [-0.05, 0) is 37.4 Å². The largest absolute Gasteiger partial charge is 0.478 e. The summed E-state index contributed by atoms with van der Waals surface area (Å²) in [5.41, 5.74) is 2.44. The van der Waals surface area contributed by atoms with Crippen LogP contribution < -0.4 is 5.32 Å². The zero-order valence-corrected chi connectivity index (χ0v) is 20.3. The standard InChI is InChI=1S/C23H18Cl2F2N4O2S/c1-11-5-13-21(27)16(26)8-15(25)22(13)31(11)4-3-28-19-9-17(29-10-30-19)12-6-14(24)20(23(32)33)18(7-12)34-2/h5-10H,3-4H2,1-2H3,(H,32,33)(H,28,29,30). The molecule has 2 aromatic carbocycles. The predicted octanol–water partition coefficient (Wildman–Crippen LogP) is 6.52. The Morgan fingerprint density at radius 2 is 1.91 bits per heavy atom. The summed E-state index contributed by atoms with van der Waals surface area (Å²) in [6, 6.07) is 7.54. The molecule has 4 aromatic rings. The van der Waals surface area contributed by atoms with E-state index >= 15 is 0 Å². The molecular weight excluding hydrogens is 505 g/mol. The Morgan fingerprint density at radius 3 is 2.62 bits per heavy atom. The van der Waals surface area contributed by atoms with Gasteiger partial charge in [0.2, 0.25) is 0 Å². The number of aromatic nitrogens is 3. The third kappa shape index (κ3) is 4.55. The minimum absolute atomic E-state index is 0.0506. The summed E-state index contributed by atoms with van der Waals surface area (Å²) in [6.07, 6.45) is 3.16. The highest BCUT2D eigenvalue weighted by Crippen LogP contribution is 2.34. The Balaban J connectivity index is 1.56. The summed E-state index contributed by atoms with van der Waals surface area (Å²) >= 11 is 13.7. The number of nitrogens with zero attached hydrogens (tertiary/aromatic N) is 3. The van der Waals surface area contributed by atoms with Crippen molar-refractivity contribution in [3.05, 3.63) is 69.6 Å². The summed E-state index contributed by atoms with van der Waals surface area (Å²) in [6.45, 7) is 2.64. The normalized spacial score (nSPS) is 11.2. The minimum atomic E-state index is -1.10. The van der Waals surface area contributed by atoms with Crippen LogP contribution in [-0.4, -0.2) is 38.4 Å². The van der Waals surface area contributed by atoms with Crippen molar-refractivity contribution in [3.8, 4) is 11.3 Å². The van der Waals surface area contributed by atoms with Crippen molar-refractivity contribution in [2.75, 3.05) is 18.1 Å². The van der Waals surface area contributed by atoms with Crippen molar-refractivity contribution in [1.82, 2.24) is 14.5 Å². The molecule has 0 unspecified atom stereocenters. The maximum absolute atomic E-state index is 14.2. The molecule has 0 bridgehead atoms. The van der Waals surface area contributed by atoms with Gasteiger partial charge in [0.25, 0.3) is 0 Å². The lowest BCUT2D eigenvalue weighted by Gasteiger charge is -2.12. The molecule has 0 saturated carbocycles. The molecule has 0 spiro atoms. The molecule has 6 nitrogen and oxygen atoms in total. The molecule has 0 amide bonds. The van der Waals surface area contributed by atoms with Gasteiger partial charge >= 0.3 is 5.97 Å². The minimum Gasteiger partial charge on any atom is -0.478 e. The van der Waals surface area contributed by atoms with Crippen LogP contribution in [0.15, 0.2) is 41.6 Å². The van der Waals surface area contributed by atoms with Gasteiger partial charge in [0.05, 0.1) is 26.8 Å². The molecule has 0 fully saturated rings. The summed E-state index contributed by atoms with van der Waals surface area (Å²) < 4.78 is 29.7. The zero-order valence-electron chi connectivity index (χ0n) is 18.0. The SMILES string of the molecule is CSc1cc(-c2cc(NCCn3c(C)cc4c(F)c(F)cc(Cl)c43)ncn2)cc(Cl)c1C(=O)O. The second-order valence-corrected chi connectivity index (χ2v) is 9.07. The Morgan fingerprint density at radius 1 is 1.15 bits per heavy atom. The number of nitrogens with one attached hydrogen (secondary N) is 1. The topological polar surface area (TPSA) is 80.0 Å². The Bertz CT molecular complexity index is 1430. The van der Waals surface area contributed by atoms with Crippen LogP contribution in [0, 0.1) is 18.6 Å². The molecule has 4 rings (SSSR count). The average molecular weight is 523 g/mol. The van der Waals surface area contributed by atoms with E-state index in [0.717, 1.165) is 11.8 Å². The van der Waals surface area contributed by atoms with E-state index in [-0.39, 0.29) is 21.0 Å². The van der Waals surface area contributed by atoms with Crippen LogP contribution in [0.3, 0.4) is 0 Å². The first-order valence-electron chi connectivity index (χ1n) is 10.0. The number of benzene rings is 2. The number of carbonyl (C=O) groups is 1. The van der Waals surface area contributed by atoms with Gasteiger partial charge in [-0.2, -0.15) is 0 Å². The Labute approximate surface area is 207 Å². The van der Waals surface area contributed by atoms with E-state index in [0.29, 0.717) is 40.6 Å². The first-order chi connectivity index (χ1) is 16.2. The van der Waals surface area contributed by atoms with Gasteiger partial charge in [0, 0.05) is 40.7 Å². The smallest absolute Gasteiger partial charge is 0.338 e. The van der Waals surface area contributed by atoms with Gasteiger partial charge in [-0.1, -0.05) is 23.2 Å². The van der Waals surface area contributed by atoms with Crippen molar-refractivity contribution in [3.63, 3.8) is 0 Å². The van der Waals surface area contributed by atoms with Gasteiger partial charge < -0.3 is 15.0 Å². The number of rotatable bonds is 7. The molecule has 0 saturated heterocycles. The lowest BCUT2D eigenvalue weighted by molar-refractivity contribution is 0.0693. The highest BCUT2D eigenvalue weighted by atomic mass is 35.5. The number of fused-ring (bicyclic) bond motifs is 1. The molecule has 11 heteroatoms. The fourth-order valence-electron chi connectivity index (χ4n) is 3.77. The number of hydrogen-bond donors (Lipinski definition) is 2. The summed E-state index contributed by atoms with van der Waals surface area (Å²) in [5, 5.41) is 13.0. The van der Waals surface area contributed by atoms with Crippen LogP contribution in [-0.2, 0) is 6.54 Å². The molecule has 176 valence electrons. The van der Waals surface area contributed by atoms with E-state index in [9.17, 15) is 18.7 Å². The number of carboxylic acid groups (broad SMARTS) is 1. The summed E-state index contributed by atoms with van der Waals surface area (Å²) in [5.74, 6) is -2.47. The fraction of sp³-hybridized carbons (Fsp3) is 0.174. The van der Waals surface area contributed by atoms with Crippen LogP contribution in [0.5, 0.6) is 0 Å². The van der Waals surface area contributed by atoms with Crippen LogP contribution >= 0.6 is 35.0 Å². The molecule has 0 aliphatic heterocycles. The van der Waals surface area contributed by atoms with E-state index in [4.69, 9.17) is 23.2 Å². The molecule has 2 heterocycles. The van der Waals surface area contributed by atoms with E-state index in [1.165, 1.54) is 18.1 Å². The van der Waals surface area contributed by atoms with Gasteiger partial charge in [-0.15, -0.1) is 11.8 Å². The van der Waals surface area contributed by atoms with Gasteiger partial charge in [0.1, 0.15) is 12.1 Å².